The summed E-state index contributed by atoms with van der Waals surface area (Å²) in [7, 11) is -2.21. The van der Waals surface area contributed by atoms with E-state index in [1.54, 1.807) is 13.1 Å². The van der Waals surface area contributed by atoms with Gasteiger partial charge in [-0.2, -0.15) is 0 Å². The van der Waals surface area contributed by atoms with Crippen LogP contribution in [0.5, 0.6) is 0 Å². The van der Waals surface area contributed by atoms with Crippen LogP contribution in [0.4, 0.5) is 4.11 Å². The number of hydrogen-bond donors (Lipinski definition) is 0. The van der Waals surface area contributed by atoms with Gasteiger partial charge in [-0.1, -0.05) is 15.9 Å². The summed E-state index contributed by atoms with van der Waals surface area (Å²) in [4.78, 5) is 0.556. The monoisotopic (exact) mass is 170 g/mol. The summed E-state index contributed by atoms with van der Waals surface area (Å²) >= 11 is 3.06. The van der Waals surface area contributed by atoms with Gasteiger partial charge in [-0.05, 0) is 13.1 Å². The quantitative estimate of drug-likeness (QED) is 0.322. The van der Waals surface area contributed by atoms with Gasteiger partial charge >= 0.3 is 0 Å². The second-order valence-corrected chi connectivity index (χ2v) is 7.24. The molecule has 0 heterocycles. The first-order chi connectivity index (χ1) is 2.56. The summed E-state index contributed by atoms with van der Waals surface area (Å²) in [5.74, 6) is 0. The average Bonchev–Trinajstić information content (AvgIpc) is 1.35. The minimum Gasteiger partial charge on any atom is -0.314 e. The topological polar surface area (TPSA) is 0 Å². The molecule has 0 aliphatic rings. The van der Waals surface area contributed by atoms with Gasteiger partial charge in [0, 0.05) is 4.95 Å². The highest BCUT2D eigenvalue weighted by molar-refractivity contribution is 9.09. The maximum Gasteiger partial charge on any atom is 0.251 e. The van der Waals surface area contributed by atoms with E-state index in [9.17, 15) is 4.11 Å². The van der Waals surface area contributed by atoms with Crippen molar-refractivity contribution in [2.75, 3.05) is 4.95 Å². The fourth-order valence-corrected chi connectivity index (χ4v) is 0. The van der Waals surface area contributed by atoms with Crippen molar-refractivity contribution in [3.8, 4) is 0 Å². The summed E-state index contributed by atoms with van der Waals surface area (Å²) in [5, 5.41) is 0. The van der Waals surface area contributed by atoms with Gasteiger partial charge in [-0.15, -0.1) is 0 Å². The van der Waals surface area contributed by atoms with Crippen molar-refractivity contribution in [3.05, 3.63) is 0 Å². The fourth-order valence-electron chi connectivity index (χ4n) is 0. The van der Waals surface area contributed by atoms with Gasteiger partial charge < -0.3 is 4.11 Å². The molecule has 38 valence electrons. The van der Waals surface area contributed by atoms with Crippen LogP contribution >= 0.6 is 15.9 Å². The van der Waals surface area contributed by atoms with Gasteiger partial charge in [0.25, 0.3) is 8.41 Å². The van der Waals surface area contributed by atoms with Gasteiger partial charge in [0.05, 0.1) is 0 Å². The minimum absolute atomic E-state index is 0.556. The lowest BCUT2D eigenvalue weighted by molar-refractivity contribution is 0.809. The van der Waals surface area contributed by atoms with E-state index in [0.29, 0.717) is 4.95 Å². The van der Waals surface area contributed by atoms with Crippen molar-refractivity contribution < 1.29 is 4.11 Å². The van der Waals surface area contributed by atoms with Crippen LogP contribution < -0.4 is 0 Å². The van der Waals surface area contributed by atoms with Crippen LogP contribution in [0.15, 0.2) is 0 Å². The van der Waals surface area contributed by atoms with Crippen LogP contribution in [0.25, 0.3) is 0 Å². The van der Waals surface area contributed by atoms with E-state index >= 15 is 0 Å². The Morgan fingerprint density at radius 1 is 1.67 bits per heavy atom. The Bertz CT molecular complexity index is 40.5. The first-order valence-electron chi connectivity index (χ1n) is 1.81. The van der Waals surface area contributed by atoms with Crippen LogP contribution in [-0.4, -0.2) is 13.4 Å². The molecule has 0 aromatic heterocycles. The van der Waals surface area contributed by atoms with E-state index < -0.39 is 8.41 Å². The first kappa shape index (κ1) is 6.63. The maximum absolute atomic E-state index is 12.2. The van der Waals surface area contributed by atoms with E-state index in [4.69, 9.17) is 0 Å². The normalized spacial score (nSPS) is 12.0. The van der Waals surface area contributed by atoms with E-state index in [1.165, 1.54) is 0 Å². The Morgan fingerprint density at radius 3 is 1.83 bits per heavy atom. The zero-order valence-corrected chi connectivity index (χ0v) is 6.55. The Hall–Kier alpha value is 0.627. The predicted octanol–water partition coefficient (Wildman–Crippen LogP) is 2.10. The van der Waals surface area contributed by atoms with Crippen molar-refractivity contribution in [2.45, 2.75) is 13.1 Å². The second kappa shape index (κ2) is 2.07. The lowest BCUT2D eigenvalue weighted by Gasteiger charge is -2.01. The molecule has 6 heavy (non-hydrogen) atoms. The van der Waals surface area contributed by atoms with Crippen molar-refractivity contribution in [1.82, 2.24) is 0 Å². The summed E-state index contributed by atoms with van der Waals surface area (Å²) in [6, 6.07) is 0. The Morgan fingerprint density at radius 2 is 1.83 bits per heavy atom. The molecule has 0 saturated carbocycles. The smallest absolute Gasteiger partial charge is 0.251 e. The van der Waals surface area contributed by atoms with Crippen LogP contribution in [0.1, 0.15) is 0 Å². The molecule has 0 aromatic carbocycles. The van der Waals surface area contributed by atoms with Crippen LogP contribution in [-0.2, 0) is 0 Å². The summed E-state index contributed by atoms with van der Waals surface area (Å²) in [5.41, 5.74) is 0. The summed E-state index contributed by atoms with van der Waals surface area (Å²) in [6.07, 6.45) is 0. The van der Waals surface area contributed by atoms with Crippen molar-refractivity contribution in [2.24, 2.45) is 0 Å². The molecule has 0 fully saturated rings. The lowest BCUT2D eigenvalue weighted by Crippen LogP contribution is -2.19. The molecule has 3 heteroatoms. The molecule has 0 atom stereocenters. The fraction of sp³-hybridized carbons (Fsp3) is 1.00. The maximum atomic E-state index is 12.2. The van der Waals surface area contributed by atoms with Crippen molar-refractivity contribution in [3.63, 3.8) is 0 Å². The van der Waals surface area contributed by atoms with Gasteiger partial charge in [0.2, 0.25) is 0 Å². The molecular formula is C3H8BrFSi. The van der Waals surface area contributed by atoms with Gasteiger partial charge in [-0.25, -0.2) is 0 Å². The molecule has 0 bridgehead atoms. The number of halogens is 2. The zero-order valence-electron chi connectivity index (χ0n) is 3.96. The summed E-state index contributed by atoms with van der Waals surface area (Å²) < 4.78 is 12.2. The minimum atomic E-state index is -2.21. The molecule has 0 nitrogen and oxygen atoms in total. The van der Waals surface area contributed by atoms with Crippen LogP contribution in [0.2, 0.25) is 13.1 Å². The van der Waals surface area contributed by atoms with E-state index in [-0.39, 0.29) is 0 Å². The zero-order chi connectivity index (χ0) is 5.21. The molecule has 0 aromatic rings. The van der Waals surface area contributed by atoms with E-state index in [1.807, 2.05) is 0 Å². The highest BCUT2D eigenvalue weighted by Gasteiger charge is 2.16. The molecule has 0 radical (unpaired) electrons. The Balaban J connectivity index is 3.17. The van der Waals surface area contributed by atoms with E-state index in [0.717, 1.165) is 0 Å². The summed E-state index contributed by atoms with van der Waals surface area (Å²) in [6.45, 7) is 3.34. The van der Waals surface area contributed by atoms with Gasteiger partial charge in [0.15, 0.2) is 0 Å². The molecule has 0 amide bonds. The Kier molecular flexibility index (Phi) is 2.29. The largest absolute Gasteiger partial charge is 0.314 e. The van der Waals surface area contributed by atoms with Crippen molar-refractivity contribution in [1.29, 1.82) is 0 Å². The molecule has 0 aliphatic heterocycles. The average molecular weight is 171 g/mol. The molecule has 0 rings (SSSR count). The molecule has 0 saturated heterocycles. The number of alkyl halides is 1. The highest BCUT2D eigenvalue weighted by Crippen LogP contribution is 2.04. The standard InChI is InChI=1S/C3H8BrFSi/c1-6(2,5)3-4/h3H2,1-2H3. The molecule has 0 unspecified atom stereocenters. The third-order valence-electron chi connectivity index (χ3n) is 0.318. The predicted molar refractivity (Wildman–Crippen MR) is 32.4 cm³/mol. The lowest BCUT2D eigenvalue weighted by atomic mass is 11.8. The van der Waals surface area contributed by atoms with Gasteiger partial charge in [-0.3, -0.25) is 0 Å². The molecule has 0 spiro atoms. The Labute approximate surface area is 47.1 Å². The highest BCUT2D eigenvalue weighted by atomic mass is 79.9. The van der Waals surface area contributed by atoms with Crippen molar-refractivity contribution >= 4 is 24.3 Å². The van der Waals surface area contributed by atoms with Crippen LogP contribution in [0.3, 0.4) is 0 Å². The second-order valence-electron chi connectivity index (χ2n) is 1.85. The molecule has 0 N–H and O–H groups in total. The number of hydrogen-bond acceptors (Lipinski definition) is 0. The first-order valence-corrected chi connectivity index (χ1v) is 6.02. The van der Waals surface area contributed by atoms with E-state index in [2.05, 4.69) is 15.9 Å². The SMILES string of the molecule is C[Si](C)(F)CBr. The molecular weight excluding hydrogens is 163 g/mol. The third kappa shape index (κ3) is 4.63. The van der Waals surface area contributed by atoms with Gasteiger partial charge in [0.1, 0.15) is 0 Å². The molecule has 0 aliphatic carbocycles. The number of rotatable bonds is 1. The third-order valence-corrected chi connectivity index (χ3v) is 4.95. The van der Waals surface area contributed by atoms with Crippen LogP contribution in [0, 0.1) is 0 Å².